The molecule has 152 valence electrons. The first-order valence-electron chi connectivity index (χ1n) is 9.06. The molecule has 0 fully saturated rings. The van der Waals surface area contributed by atoms with Crippen molar-refractivity contribution in [3.8, 4) is 17.0 Å². The Morgan fingerprint density at radius 3 is 2.53 bits per heavy atom. The highest BCUT2D eigenvalue weighted by Gasteiger charge is 2.19. The minimum absolute atomic E-state index is 0.0117. The Morgan fingerprint density at radius 2 is 1.93 bits per heavy atom. The Balaban J connectivity index is 1.60. The van der Waals surface area contributed by atoms with Crippen molar-refractivity contribution in [1.29, 1.82) is 0 Å². The van der Waals surface area contributed by atoms with Crippen LogP contribution in [0.15, 0.2) is 48.7 Å². The van der Waals surface area contributed by atoms with Crippen molar-refractivity contribution in [2.75, 3.05) is 12.4 Å². The molecule has 2 aromatic carbocycles. The normalized spacial score (nSPS) is 10.9. The molecule has 0 saturated heterocycles. The van der Waals surface area contributed by atoms with Gasteiger partial charge in [-0.3, -0.25) is 19.3 Å². The van der Waals surface area contributed by atoms with E-state index in [0.717, 1.165) is 22.7 Å². The van der Waals surface area contributed by atoms with Crippen molar-refractivity contribution in [2.24, 2.45) is 0 Å². The molecule has 0 saturated carbocycles. The largest absolute Gasteiger partial charge is 0.497 e. The topological polar surface area (TPSA) is 98.8 Å². The fourth-order valence-corrected chi connectivity index (χ4v) is 4.15. The highest BCUT2D eigenvalue weighted by molar-refractivity contribution is 7.19. The summed E-state index contributed by atoms with van der Waals surface area (Å²) in [4.78, 5) is 29.1. The van der Waals surface area contributed by atoms with Crippen LogP contribution >= 0.6 is 11.3 Å². The lowest BCUT2D eigenvalue weighted by molar-refractivity contribution is -0.384. The lowest BCUT2D eigenvalue weighted by Crippen LogP contribution is -2.13. The summed E-state index contributed by atoms with van der Waals surface area (Å²) in [7, 11) is 1.62. The predicted octanol–water partition coefficient (Wildman–Crippen LogP) is 4.85. The average Bonchev–Trinajstić information content (AvgIpc) is 3.29. The Bertz CT molecular complexity index is 1270. The highest BCUT2D eigenvalue weighted by atomic mass is 32.1. The summed E-state index contributed by atoms with van der Waals surface area (Å²) in [5.74, 6) is 0.502. The number of rotatable bonds is 5. The number of carbonyl (C=O) groups is 1. The first kappa shape index (κ1) is 19.6. The van der Waals surface area contributed by atoms with Crippen molar-refractivity contribution >= 4 is 33.6 Å². The number of nitro groups is 1. The van der Waals surface area contributed by atoms with E-state index in [1.807, 2.05) is 41.8 Å². The van der Waals surface area contributed by atoms with E-state index < -0.39 is 4.92 Å². The van der Waals surface area contributed by atoms with Crippen LogP contribution in [0.4, 0.5) is 11.4 Å². The molecular weight excluding hydrogens is 404 g/mol. The van der Waals surface area contributed by atoms with Crippen molar-refractivity contribution in [3.63, 3.8) is 0 Å². The molecule has 2 aromatic heterocycles. The van der Waals surface area contributed by atoms with Crippen LogP contribution in [0.2, 0.25) is 0 Å². The molecule has 0 aliphatic carbocycles. The van der Waals surface area contributed by atoms with Crippen molar-refractivity contribution in [3.05, 3.63) is 74.9 Å². The number of non-ortho nitro benzene ring substituents is 1. The fourth-order valence-electron chi connectivity index (χ4n) is 3.14. The van der Waals surface area contributed by atoms with Gasteiger partial charge in [0, 0.05) is 35.3 Å². The summed E-state index contributed by atoms with van der Waals surface area (Å²) < 4.78 is 7.07. The second kappa shape index (κ2) is 7.60. The standard InChI is InChI=1S/C21H18N4O4S/c1-12-10-15(25(27)28)6-9-17(12)22-20(26)19-13(2)24-11-18(23-21(24)30-19)14-4-7-16(29-3)8-5-14/h4-11H,1-3H3,(H,22,26). The number of hydrogen-bond donors (Lipinski definition) is 1. The molecule has 0 radical (unpaired) electrons. The monoisotopic (exact) mass is 422 g/mol. The van der Waals surface area contributed by atoms with E-state index in [0.29, 0.717) is 21.1 Å². The number of imidazole rings is 1. The number of nitrogens with zero attached hydrogens (tertiary/aromatic N) is 3. The van der Waals surface area contributed by atoms with E-state index >= 15 is 0 Å². The minimum Gasteiger partial charge on any atom is -0.497 e. The maximum Gasteiger partial charge on any atom is 0.269 e. The number of carbonyl (C=O) groups excluding carboxylic acids is 1. The molecule has 0 spiro atoms. The van der Waals surface area contributed by atoms with Gasteiger partial charge in [0.25, 0.3) is 11.6 Å². The van der Waals surface area contributed by atoms with Crippen LogP contribution in [-0.2, 0) is 0 Å². The van der Waals surface area contributed by atoms with Crippen LogP contribution in [0.3, 0.4) is 0 Å². The first-order chi connectivity index (χ1) is 14.4. The summed E-state index contributed by atoms with van der Waals surface area (Å²) in [5, 5.41) is 13.7. The molecular formula is C21H18N4O4S. The number of anilines is 1. The summed E-state index contributed by atoms with van der Waals surface area (Å²) in [5.41, 5.74) is 3.69. The second-order valence-corrected chi connectivity index (χ2v) is 7.71. The number of methoxy groups -OCH3 is 1. The lowest BCUT2D eigenvalue weighted by atomic mass is 10.1. The third-order valence-electron chi connectivity index (χ3n) is 4.82. The number of hydrogen-bond acceptors (Lipinski definition) is 6. The Morgan fingerprint density at radius 1 is 1.20 bits per heavy atom. The summed E-state index contributed by atoms with van der Waals surface area (Å²) >= 11 is 1.30. The highest BCUT2D eigenvalue weighted by Crippen LogP contribution is 2.29. The molecule has 1 amide bonds. The van der Waals surface area contributed by atoms with Gasteiger partial charge in [0.2, 0.25) is 0 Å². The Labute approximate surface area is 175 Å². The van der Waals surface area contributed by atoms with Crippen LogP contribution < -0.4 is 10.1 Å². The maximum absolute atomic E-state index is 12.8. The van der Waals surface area contributed by atoms with E-state index in [1.54, 1.807) is 20.1 Å². The van der Waals surface area contributed by atoms with Gasteiger partial charge in [0.05, 0.1) is 17.7 Å². The van der Waals surface area contributed by atoms with Crippen LogP contribution in [0, 0.1) is 24.0 Å². The van der Waals surface area contributed by atoms with Crippen LogP contribution in [0.5, 0.6) is 5.75 Å². The van der Waals surface area contributed by atoms with E-state index in [1.165, 1.54) is 23.5 Å². The SMILES string of the molecule is COc1ccc(-c2cn3c(C)c(C(=O)Nc4ccc([N+](=O)[O-])cc4C)sc3n2)cc1. The number of ether oxygens (including phenoxy) is 1. The number of nitrogens with one attached hydrogen (secondary N) is 1. The van der Waals surface area contributed by atoms with E-state index in [-0.39, 0.29) is 11.6 Å². The number of nitro benzene ring substituents is 1. The molecule has 0 aliphatic rings. The molecule has 4 rings (SSSR count). The number of fused-ring (bicyclic) bond motifs is 1. The third-order valence-corrected chi connectivity index (χ3v) is 5.97. The zero-order valence-corrected chi connectivity index (χ0v) is 17.3. The molecule has 1 N–H and O–H groups in total. The molecule has 0 atom stereocenters. The Kier molecular flexibility index (Phi) is 4.96. The zero-order chi connectivity index (χ0) is 21.4. The number of amides is 1. The lowest BCUT2D eigenvalue weighted by Gasteiger charge is -2.07. The molecule has 0 aliphatic heterocycles. The van der Waals surface area contributed by atoms with E-state index in [9.17, 15) is 14.9 Å². The molecule has 8 nitrogen and oxygen atoms in total. The van der Waals surface area contributed by atoms with E-state index in [4.69, 9.17) is 4.74 Å². The van der Waals surface area contributed by atoms with Crippen LogP contribution in [0.25, 0.3) is 16.2 Å². The Hall–Kier alpha value is -3.72. The third kappa shape index (κ3) is 3.50. The minimum atomic E-state index is -0.461. The number of aryl methyl sites for hydroxylation is 2. The van der Waals surface area contributed by atoms with Gasteiger partial charge in [-0.15, -0.1) is 0 Å². The van der Waals surface area contributed by atoms with Gasteiger partial charge in [-0.05, 0) is 49.7 Å². The smallest absolute Gasteiger partial charge is 0.269 e. The molecule has 4 aromatic rings. The quantitative estimate of drug-likeness (QED) is 0.366. The molecule has 0 unspecified atom stereocenters. The van der Waals surface area contributed by atoms with E-state index in [2.05, 4.69) is 10.3 Å². The van der Waals surface area contributed by atoms with Gasteiger partial charge in [-0.2, -0.15) is 0 Å². The average molecular weight is 422 g/mol. The number of thiazole rings is 1. The predicted molar refractivity (Wildman–Crippen MR) is 116 cm³/mol. The molecule has 9 heteroatoms. The fraction of sp³-hybridized carbons (Fsp3) is 0.143. The van der Waals surface area contributed by atoms with Crippen molar-refractivity contribution in [2.45, 2.75) is 13.8 Å². The van der Waals surface area contributed by atoms with Crippen LogP contribution in [0.1, 0.15) is 20.9 Å². The number of benzene rings is 2. The molecule has 2 heterocycles. The van der Waals surface area contributed by atoms with Gasteiger partial charge >= 0.3 is 0 Å². The van der Waals surface area contributed by atoms with Gasteiger partial charge < -0.3 is 10.1 Å². The van der Waals surface area contributed by atoms with Crippen molar-refractivity contribution < 1.29 is 14.5 Å². The molecule has 30 heavy (non-hydrogen) atoms. The maximum atomic E-state index is 12.8. The number of aromatic nitrogens is 2. The van der Waals surface area contributed by atoms with Gasteiger partial charge in [0.1, 0.15) is 10.6 Å². The van der Waals surface area contributed by atoms with Gasteiger partial charge in [-0.1, -0.05) is 11.3 Å². The second-order valence-electron chi connectivity index (χ2n) is 6.73. The summed E-state index contributed by atoms with van der Waals surface area (Å²) in [6, 6.07) is 12.0. The zero-order valence-electron chi connectivity index (χ0n) is 16.5. The summed E-state index contributed by atoms with van der Waals surface area (Å²) in [6.07, 6.45) is 1.90. The van der Waals surface area contributed by atoms with Crippen LogP contribution in [-0.4, -0.2) is 27.3 Å². The van der Waals surface area contributed by atoms with Gasteiger partial charge in [-0.25, -0.2) is 4.98 Å². The van der Waals surface area contributed by atoms with Gasteiger partial charge in [0.15, 0.2) is 4.96 Å². The molecule has 0 bridgehead atoms. The first-order valence-corrected chi connectivity index (χ1v) is 9.88. The summed E-state index contributed by atoms with van der Waals surface area (Å²) in [6.45, 7) is 3.58. The van der Waals surface area contributed by atoms with Crippen molar-refractivity contribution in [1.82, 2.24) is 9.38 Å².